The van der Waals surface area contributed by atoms with Crippen LogP contribution in [0.3, 0.4) is 0 Å². The number of aromatic nitrogens is 1. The van der Waals surface area contributed by atoms with Gasteiger partial charge in [-0.2, -0.15) is 0 Å². The Morgan fingerprint density at radius 3 is 2.43 bits per heavy atom. The van der Waals surface area contributed by atoms with Gasteiger partial charge in [0.15, 0.2) is 8.32 Å². The molecule has 3 heterocycles. The first-order valence-electron chi connectivity index (χ1n) is 13.4. The van der Waals surface area contributed by atoms with Crippen molar-refractivity contribution in [3.05, 3.63) is 30.0 Å². The summed E-state index contributed by atoms with van der Waals surface area (Å²) in [5, 5.41) is 1.25. The molecule has 0 spiro atoms. The van der Waals surface area contributed by atoms with Crippen LogP contribution in [0.2, 0.25) is 18.1 Å². The molecule has 0 radical (unpaired) electrons. The lowest BCUT2D eigenvalue weighted by molar-refractivity contribution is 0.0646. The third-order valence-corrected chi connectivity index (χ3v) is 12.9. The van der Waals surface area contributed by atoms with E-state index in [0.717, 1.165) is 48.3 Å². The van der Waals surface area contributed by atoms with Gasteiger partial charge in [-0.3, -0.25) is 4.79 Å². The number of hydrogen-bond donors (Lipinski definition) is 0. The van der Waals surface area contributed by atoms with E-state index < -0.39 is 8.32 Å². The van der Waals surface area contributed by atoms with Crippen LogP contribution in [0.25, 0.3) is 10.9 Å². The van der Waals surface area contributed by atoms with Crippen LogP contribution < -0.4 is 4.74 Å². The first-order valence-corrected chi connectivity index (χ1v) is 16.3. The summed E-state index contributed by atoms with van der Waals surface area (Å²) in [6.45, 7) is 22.1. The van der Waals surface area contributed by atoms with Gasteiger partial charge in [0, 0.05) is 49.2 Å². The van der Waals surface area contributed by atoms with Gasteiger partial charge in [0.1, 0.15) is 17.5 Å². The number of benzene rings is 1. The minimum absolute atomic E-state index is 0.0988. The summed E-state index contributed by atoms with van der Waals surface area (Å²) in [5.74, 6) is 1.00. The highest BCUT2D eigenvalue weighted by molar-refractivity contribution is 6.74. The Balaban J connectivity index is 1.44. The Labute approximate surface area is 212 Å². The molecule has 1 fully saturated rings. The third kappa shape index (κ3) is 5.47. The number of amides is 1. The zero-order valence-corrected chi connectivity index (χ0v) is 24.1. The highest BCUT2D eigenvalue weighted by atomic mass is 28.4. The van der Waals surface area contributed by atoms with Crippen LogP contribution in [0.15, 0.2) is 24.3 Å². The fourth-order valence-electron chi connectivity index (χ4n) is 5.10. The lowest BCUT2D eigenvalue weighted by Crippen LogP contribution is -2.46. The van der Waals surface area contributed by atoms with Crippen molar-refractivity contribution in [3.63, 3.8) is 0 Å². The minimum atomic E-state index is -1.82. The van der Waals surface area contributed by atoms with Crippen LogP contribution in [-0.4, -0.2) is 73.5 Å². The van der Waals surface area contributed by atoms with Gasteiger partial charge in [-0.15, -0.1) is 0 Å². The normalized spacial score (nSPS) is 20.7. The van der Waals surface area contributed by atoms with Crippen LogP contribution in [0, 0.1) is 0 Å². The van der Waals surface area contributed by atoms with E-state index in [1.54, 1.807) is 0 Å². The number of carbonyl (C=O) groups excluding carboxylic acids is 1. The lowest BCUT2D eigenvalue weighted by Gasteiger charge is -2.38. The van der Waals surface area contributed by atoms with Crippen LogP contribution in [0.4, 0.5) is 0 Å². The molecular weight excluding hydrogens is 454 g/mol. The summed E-state index contributed by atoms with van der Waals surface area (Å²) in [6, 6.07) is 9.17. The summed E-state index contributed by atoms with van der Waals surface area (Å²) in [7, 11) is -1.82. The molecule has 7 heteroatoms. The van der Waals surface area contributed by atoms with E-state index in [-0.39, 0.29) is 23.1 Å². The number of likely N-dealkylation sites (tertiary alicyclic amines) is 1. The van der Waals surface area contributed by atoms with Crippen LogP contribution in [0.1, 0.15) is 70.9 Å². The van der Waals surface area contributed by atoms with Crippen LogP contribution in [-0.2, 0) is 4.43 Å². The average molecular weight is 500 g/mol. The molecule has 1 amide bonds. The molecule has 194 valence electrons. The van der Waals surface area contributed by atoms with Crippen molar-refractivity contribution >= 4 is 25.1 Å². The minimum Gasteiger partial charge on any atom is -0.490 e. The summed E-state index contributed by atoms with van der Waals surface area (Å²) in [5.41, 5.74) is 1.88. The van der Waals surface area contributed by atoms with E-state index in [1.165, 1.54) is 0 Å². The van der Waals surface area contributed by atoms with Gasteiger partial charge in [-0.25, -0.2) is 0 Å². The molecule has 0 aliphatic carbocycles. The van der Waals surface area contributed by atoms with E-state index in [9.17, 15) is 4.79 Å². The predicted molar refractivity (Wildman–Crippen MR) is 146 cm³/mol. The Kier molecular flexibility index (Phi) is 7.42. The van der Waals surface area contributed by atoms with Gasteiger partial charge in [0.2, 0.25) is 0 Å². The van der Waals surface area contributed by atoms with E-state index in [0.29, 0.717) is 25.7 Å². The van der Waals surface area contributed by atoms with Crippen molar-refractivity contribution < 1.29 is 14.0 Å². The second-order valence-corrected chi connectivity index (χ2v) is 17.1. The maximum atomic E-state index is 13.4. The summed E-state index contributed by atoms with van der Waals surface area (Å²) < 4.78 is 14.9. The van der Waals surface area contributed by atoms with Crippen molar-refractivity contribution in [1.29, 1.82) is 0 Å². The second kappa shape index (κ2) is 9.90. The molecule has 0 bridgehead atoms. The maximum Gasteiger partial charge on any atom is 0.270 e. The Morgan fingerprint density at radius 1 is 1.11 bits per heavy atom. The molecule has 4 rings (SSSR count). The first-order chi connectivity index (χ1) is 16.4. The summed E-state index contributed by atoms with van der Waals surface area (Å²) in [4.78, 5) is 17.9. The molecule has 1 aromatic carbocycles. The predicted octanol–water partition coefficient (Wildman–Crippen LogP) is 5.93. The van der Waals surface area contributed by atoms with Crippen molar-refractivity contribution in [2.45, 2.75) is 90.7 Å². The Morgan fingerprint density at radius 2 is 1.80 bits per heavy atom. The lowest BCUT2D eigenvalue weighted by atomic mass is 10.1. The van der Waals surface area contributed by atoms with E-state index >= 15 is 0 Å². The number of nitrogens with zero attached hydrogens (tertiary/aromatic N) is 3. The first kappa shape index (κ1) is 26.2. The fraction of sp³-hybridized carbons (Fsp3) is 0.679. The van der Waals surface area contributed by atoms with E-state index in [4.69, 9.17) is 9.16 Å². The zero-order chi connectivity index (χ0) is 25.5. The molecule has 1 aromatic heterocycles. The largest absolute Gasteiger partial charge is 0.490 e. The number of fused-ring (bicyclic) bond motifs is 3. The summed E-state index contributed by atoms with van der Waals surface area (Å²) in [6.07, 6.45) is 2.38. The highest BCUT2D eigenvalue weighted by Crippen LogP contribution is 2.37. The van der Waals surface area contributed by atoms with Crippen molar-refractivity contribution in [2.24, 2.45) is 0 Å². The van der Waals surface area contributed by atoms with Gasteiger partial charge < -0.3 is 23.5 Å². The summed E-state index contributed by atoms with van der Waals surface area (Å²) >= 11 is 0. The topological polar surface area (TPSA) is 46.9 Å². The molecule has 1 saturated heterocycles. The van der Waals surface area contributed by atoms with Crippen molar-refractivity contribution in [3.8, 4) is 5.75 Å². The second-order valence-electron chi connectivity index (χ2n) is 12.3. The number of hydrogen-bond acceptors (Lipinski definition) is 4. The van der Waals surface area contributed by atoms with Gasteiger partial charge in [0.25, 0.3) is 5.91 Å². The third-order valence-electron chi connectivity index (χ3n) is 8.38. The van der Waals surface area contributed by atoms with Crippen molar-refractivity contribution in [1.82, 2.24) is 14.4 Å². The van der Waals surface area contributed by atoms with Gasteiger partial charge >= 0.3 is 0 Å². The van der Waals surface area contributed by atoms with Crippen molar-refractivity contribution in [2.75, 3.05) is 32.8 Å². The van der Waals surface area contributed by atoms with E-state index in [2.05, 4.69) is 82.3 Å². The molecular formula is C28H45N3O3Si. The standard InChI is InChI=1S/C28H45N3O3Si/c1-20(2)29-13-11-23(12-14-29)34-24-9-10-25-22(17-24)18-26-27(32)30(19-21(3)31(25)26)15-16-33-35(7,8)28(4,5)6/h9-10,17-18,20-21,23H,11-16,19H2,1-8H3. The van der Waals surface area contributed by atoms with Crippen LogP contribution in [0.5, 0.6) is 5.75 Å². The molecule has 35 heavy (non-hydrogen) atoms. The molecule has 1 atom stereocenters. The number of carbonyl (C=O) groups is 1. The Hall–Kier alpha value is -1.83. The van der Waals surface area contributed by atoms with E-state index in [1.807, 2.05) is 11.0 Å². The fourth-order valence-corrected chi connectivity index (χ4v) is 6.13. The highest BCUT2D eigenvalue weighted by Gasteiger charge is 2.37. The monoisotopic (exact) mass is 499 g/mol. The number of piperidine rings is 1. The zero-order valence-electron chi connectivity index (χ0n) is 23.1. The molecule has 2 aliphatic heterocycles. The average Bonchev–Trinajstić information content (AvgIpc) is 3.16. The van der Waals surface area contributed by atoms with Crippen LogP contribution >= 0.6 is 0 Å². The number of rotatable bonds is 7. The van der Waals surface area contributed by atoms with Gasteiger partial charge in [-0.05, 0) is 76.0 Å². The molecule has 2 aromatic rings. The molecule has 0 N–H and O–H groups in total. The number of ether oxygens (including phenoxy) is 1. The quantitative estimate of drug-likeness (QED) is 0.443. The SMILES string of the molecule is CC(C)N1CCC(Oc2ccc3c(c2)cc2n3C(C)CN(CCO[Si](C)(C)C(C)(C)C)C2=O)CC1. The maximum absolute atomic E-state index is 13.4. The van der Waals surface area contributed by atoms with Gasteiger partial charge in [0.05, 0.1) is 6.61 Å². The Bertz CT molecular complexity index is 1050. The molecule has 2 aliphatic rings. The molecule has 1 unspecified atom stereocenters. The molecule has 6 nitrogen and oxygen atoms in total. The van der Waals surface area contributed by atoms with Gasteiger partial charge in [-0.1, -0.05) is 20.8 Å². The smallest absolute Gasteiger partial charge is 0.270 e. The molecule has 0 saturated carbocycles.